The van der Waals surface area contributed by atoms with Crippen molar-refractivity contribution in [1.82, 2.24) is 10.2 Å². The largest absolute Gasteiger partial charge is 0.508 e. The number of rotatable bonds is 3. The molecule has 1 aliphatic rings. The number of amides is 2. The smallest absolute Gasteiger partial charge is 0.305 e. The van der Waals surface area contributed by atoms with Gasteiger partial charge in [0.2, 0.25) is 5.91 Å². The molecule has 0 spiro atoms. The Hall–Kier alpha value is -2.57. The quantitative estimate of drug-likeness (QED) is 0.733. The topological polar surface area (TPSA) is 107 Å². The number of aliphatic carboxylic acids is 1. The van der Waals surface area contributed by atoms with Gasteiger partial charge in [-0.3, -0.25) is 14.4 Å². The Bertz CT molecular complexity index is 599. The molecule has 0 aromatic heterocycles. The number of carbonyl (C=O) groups excluding carboxylic acids is 2. The highest BCUT2D eigenvalue weighted by atomic mass is 16.4. The molecule has 7 nitrogen and oxygen atoms in total. The summed E-state index contributed by atoms with van der Waals surface area (Å²) in [5, 5.41) is 21.1. The van der Waals surface area contributed by atoms with Crippen LogP contribution in [0.4, 0.5) is 0 Å². The van der Waals surface area contributed by atoms with Gasteiger partial charge in [0.15, 0.2) is 0 Å². The zero-order valence-electron chi connectivity index (χ0n) is 11.5. The fourth-order valence-electron chi connectivity index (χ4n) is 2.34. The first-order valence-corrected chi connectivity index (χ1v) is 6.51. The summed E-state index contributed by atoms with van der Waals surface area (Å²) in [6.45, 7) is 2.11. The molecule has 1 heterocycles. The summed E-state index contributed by atoms with van der Waals surface area (Å²) in [7, 11) is 0. The predicted octanol–water partition coefficient (Wildman–Crippen LogP) is 0.116. The highest BCUT2D eigenvalue weighted by Gasteiger charge is 2.35. The van der Waals surface area contributed by atoms with E-state index in [9.17, 15) is 19.5 Å². The Morgan fingerprint density at radius 1 is 1.43 bits per heavy atom. The van der Waals surface area contributed by atoms with E-state index in [1.165, 1.54) is 17.0 Å². The molecule has 7 heteroatoms. The third-order valence-corrected chi connectivity index (χ3v) is 3.50. The Morgan fingerprint density at radius 2 is 2.14 bits per heavy atom. The van der Waals surface area contributed by atoms with Crippen LogP contribution >= 0.6 is 0 Å². The van der Waals surface area contributed by atoms with Crippen LogP contribution in [-0.4, -0.2) is 52.0 Å². The minimum atomic E-state index is -1.15. The van der Waals surface area contributed by atoms with Crippen LogP contribution in [0, 0.1) is 6.92 Å². The first kappa shape index (κ1) is 14.8. The summed E-state index contributed by atoms with van der Waals surface area (Å²) in [5.74, 6) is -2.10. The van der Waals surface area contributed by atoms with E-state index in [4.69, 9.17) is 5.11 Å². The van der Waals surface area contributed by atoms with Crippen molar-refractivity contribution in [3.63, 3.8) is 0 Å². The third-order valence-electron chi connectivity index (χ3n) is 3.50. The van der Waals surface area contributed by atoms with Gasteiger partial charge < -0.3 is 20.4 Å². The molecule has 112 valence electrons. The average molecular weight is 292 g/mol. The summed E-state index contributed by atoms with van der Waals surface area (Å²) in [4.78, 5) is 36.5. The second kappa shape index (κ2) is 5.82. The number of phenols is 1. The number of phenolic OH excluding ortho intramolecular Hbond substituents is 1. The molecule has 1 aromatic rings. The number of benzene rings is 1. The van der Waals surface area contributed by atoms with E-state index in [1.807, 2.05) is 0 Å². The molecular weight excluding hydrogens is 276 g/mol. The number of aromatic hydroxyl groups is 1. The Kier molecular flexibility index (Phi) is 4.11. The lowest BCUT2D eigenvalue weighted by molar-refractivity contribution is -0.142. The number of piperazine rings is 1. The first-order valence-electron chi connectivity index (χ1n) is 6.51. The molecule has 1 atom stereocenters. The summed E-state index contributed by atoms with van der Waals surface area (Å²) in [6, 6.07) is 3.50. The van der Waals surface area contributed by atoms with Crippen LogP contribution in [0.15, 0.2) is 18.2 Å². The molecule has 1 aromatic carbocycles. The van der Waals surface area contributed by atoms with Crippen LogP contribution in [0.3, 0.4) is 0 Å². The molecule has 2 rings (SSSR count). The van der Waals surface area contributed by atoms with Gasteiger partial charge in [0.25, 0.3) is 5.91 Å². The third kappa shape index (κ3) is 2.96. The standard InChI is InChI=1S/C14H16N2O5/c1-8-9(3-2-4-11(8)17)14(21)16-6-5-15-13(20)10(16)7-12(18)19/h2-4,10,17H,5-7H2,1H3,(H,15,20)(H,18,19). The lowest BCUT2D eigenvalue weighted by Gasteiger charge is -2.34. The highest BCUT2D eigenvalue weighted by molar-refractivity contribution is 6.00. The van der Waals surface area contributed by atoms with E-state index >= 15 is 0 Å². The Labute approximate surface area is 121 Å². The Balaban J connectivity index is 2.32. The van der Waals surface area contributed by atoms with Crippen molar-refractivity contribution in [2.45, 2.75) is 19.4 Å². The number of hydrogen-bond acceptors (Lipinski definition) is 4. The minimum absolute atomic E-state index is 0.0166. The molecule has 1 aliphatic heterocycles. The summed E-state index contributed by atoms with van der Waals surface area (Å²) >= 11 is 0. The number of hydrogen-bond donors (Lipinski definition) is 3. The lowest BCUT2D eigenvalue weighted by Crippen LogP contribution is -2.57. The maximum Gasteiger partial charge on any atom is 0.305 e. The van der Waals surface area contributed by atoms with Crippen LogP contribution in [0.25, 0.3) is 0 Å². The van der Waals surface area contributed by atoms with Gasteiger partial charge in [-0.25, -0.2) is 0 Å². The number of nitrogens with one attached hydrogen (secondary N) is 1. The normalized spacial score (nSPS) is 18.2. The van der Waals surface area contributed by atoms with Crippen molar-refractivity contribution in [2.24, 2.45) is 0 Å². The molecule has 0 radical (unpaired) electrons. The molecule has 0 aliphatic carbocycles. The van der Waals surface area contributed by atoms with Crippen molar-refractivity contribution < 1.29 is 24.6 Å². The average Bonchev–Trinajstić information content (AvgIpc) is 2.43. The number of carbonyl (C=O) groups is 3. The van der Waals surface area contributed by atoms with Gasteiger partial charge >= 0.3 is 5.97 Å². The maximum absolute atomic E-state index is 12.6. The van der Waals surface area contributed by atoms with E-state index < -0.39 is 30.2 Å². The second-order valence-electron chi connectivity index (χ2n) is 4.85. The van der Waals surface area contributed by atoms with Gasteiger partial charge in [-0.2, -0.15) is 0 Å². The summed E-state index contributed by atoms with van der Waals surface area (Å²) in [5.41, 5.74) is 0.669. The van der Waals surface area contributed by atoms with Crippen LogP contribution in [0.5, 0.6) is 5.75 Å². The molecule has 2 amide bonds. The van der Waals surface area contributed by atoms with Crippen molar-refractivity contribution >= 4 is 17.8 Å². The van der Waals surface area contributed by atoms with Crippen molar-refractivity contribution in [3.05, 3.63) is 29.3 Å². The van der Waals surface area contributed by atoms with Gasteiger partial charge in [0.05, 0.1) is 6.42 Å². The van der Waals surface area contributed by atoms with E-state index in [1.54, 1.807) is 13.0 Å². The molecule has 1 unspecified atom stereocenters. The van der Waals surface area contributed by atoms with Crippen LogP contribution in [-0.2, 0) is 9.59 Å². The number of carboxylic acids is 1. The lowest BCUT2D eigenvalue weighted by atomic mass is 10.0. The van der Waals surface area contributed by atoms with Gasteiger partial charge in [0, 0.05) is 24.2 Å². The fourth-order valence-corrected chi connectivity index (χ4v) is 2.34. The van der Waals surface area contributed by atoms with E-state index in [0.717, 1.165) is 0 Å². The van der Waals surface area contributed by atoms with Crippen molar-refractivity contribution in [2.75, 3.05) is 13.1 Å². The fraction of sp³-hybridized carbons (Fsp3) is 0.357. The van der Waals surface area contributed by atoms with Crippen LogP contribution in [0.2, 0.25) is 0 Å². The van der Waals surface area contributed by atoms with Gasteiger partial charge in [-0.05, 0) is 19.1 Å². The monoisotopic (exact) mass is 292 g/mol. The van der Waals surface area contributed by atoms with Crippen molar-refractivity contribution in [3.8, 4) is 5.75 Å². The number of nitrogens with zero attached hydrogens (tertiary/aromatic N) is 1. The predicted molar refractivity (Wildman–Crippen MR) is 72.9 cm³/mol. The SMILES string of the molecule is Cc1c(O)cccc1C(=O)N1CCNC(=O)C1CC(=O)O. The molecule has 0 saturated carbocycles. The molecular formula is C14H16N2O5. The van der Waals surface area contributed by atoms with E-state index in [2.05, 4.69) is 5.32 Å². The minimum Gasteiger partial charge on any atom is -0.508 e. The van der Waals surface area contributed by atoms with Gasteiger partial charge in [-0.15, -0.1) is 0 Å². The molecule has 21 heavy (non-hydrogen) atoms. The zero-order valence-corrected chi connectivity index (χ0v) is 11.5. The van der Waals surface area contributed by atoms with Crippen LogP contribution in [0.1, 0.15) is 22.3 Å². The maximum atomic E-state index is 12.6. The van der Waals surface area contributed by atoms with Crippen molar-refractivity contribution in [1.29, 1.82) is 0 Å². The van der Waals surface area contributed by atoms with E-state index in [0.29, 0.717) is 5.56 Å². The summed E-state index contributed by atoms with van der Waals surface area (Å²) in [6.07, 6.45) is -0.449. The van der Waals surface area contributed by atoms with Crippen LogP contribution < -0.4 is 5.32 Å². The first-order chi connectivity index (χ1) is 9.91. The molecule has 3 N–H and O–H groups in total. The van der Waals surface area contributed by atoms with E-state index in [-0.39, 0.29) is 24.4 Å². The molecule has 1 saturated heterocycles. The zero-order chi connectivity index (χ0) is 15.6. The second-order valence-corrected chi connectivity index (χ2v) is 4.85. The Morgan fingerprint density at radius 3 is 2.81 bits per heavy atom. The number of carboxylic acid groups (broad SMARTS) is 1. The van der Waals surface area contributed by atoms with Gasteiger partial charge in [0.1, 0.15) is 11.8 Å². The summed E-state index contributed by atoms with van der Waals surface area (Å²) < 4.78 is 0. The van der Waals surface area contributed by atoms with Gasteiger partial charge in [-0.1, -0.05) is 6.07 Å². The molecule has 1 fully saturated rings. The molecule has 0 bridgehead atoms. The highest BCUT2D eigenvalue weighted by Crippen LogP contribution is 2.22.